The molecule has 0 aliphatic rings. The SMILES string of the molecule is CC(C)(C#N)c1c[nH]c2c1ccc[n+]2O. The maximum atomic E-state index is 9.53. The standard InChI is InChI=1S/C11H11N3O/c1-11(2,7-12)9-6-13-10-8(9)4-3-5-14(10)15/h3-6,15H,1-2H3/p+1. The lowest BCUT2D eigenvalue weighted by atomic mass is 9.86. The lowest BCUT2D eigenvalue weighted by Crippen LogP contribution is -2.30. The number of rotatable bonds is 1. The summed E-state index contributed by atoms with van der Waals surface area (Å²) in [6.45, 7) is 3.70. The Bertz CT molecular complexity index is 548. The van der Waals surface area contributed by atoms with E-state index in [1.807, 2.05) is 19.9 Å². The van der Waals surface area contributed by atoms with Crippen LogP contribution in [0.4, 0.5) is 0 Å². The van der Waals surface area contributed by atoms with Gasteiger partial charge in [-0.15, -0.1) is 0 Å². The zero-order valence-corrected chi connectivity index (χ0v) is 8.65. The molecule has 15 heavy (non-hydrogen) atoms. The van der Waals surface area contributed by atoms with Crippen molar-refractivity contribution in [2.75, 3.05) is 0 Å². The van der Waals surface area contributed by atoms with Gasteiger partial charge in [0.2, 0.25) is 0 Å². The molecule has 2 aromatic heterocycles. The molecule has 0 unspecified atom stereocenters. The van der Waals surface area contributed by atoms with Crippen molar-refractivity contribution in [1.82, 2.24) is 4.98 Å². The summed E-state index contributed by atoms with van der Waals surface area (Å²) < 4.78 is 1.02. The quantitative estimate of drug-likeness (QED) is 0.543. The Morgan fingerprint density at radius 3 is 2.93 bits per heavy atom. The maximum Gasteiger partial charge on any atom is 0.326 e. The number of nitrogens with zero attached hydrogens (tertiary/aromatic N) is 2. The van der Waals surface area contributed by atoms with E-state index in [0.29, 0.717) is 5.65 Å². The fourth-order valence-electron chi connectivity index (χ4n) is 1.65. The van der Waals surface area contributed by atoms with E-state index in [1.165, 1.54) is 0 Å². The van der Waals surface area contributed by atoms with Gasteiger partial charge in [0, 0.05) is 5.56 Å². The molecule has 0 spiro atoms. The van der Waals surface area contributed by atoms with Gasteiger partial charge in [0.15, 0.2) is 0 Å². The minimum Gasteiger partial charge on any atom is -0.350 e. The molecule has 0 saturated heterocycles. The summed E-state index contributed by atoms with van der Waals surface area (Å²) in [4.78, 5) is 2.96. The minimum absolute atomic E-state index is 0.563. The molecule has 0 aliphatic heterocycles. The van der Waals surface area contributed by atoms with Crippen molar-refractivity contribution in [2.24, 2.45) is 0 Å². The second-order valence-corrected chi connectivity index (χ2v) is 4.05. The van der Waals surface area contributed by atoms with Gasteiger partial charge in [0.05, 0.1) is 23.1 Å². The molecular weight excluding hydrogens is 190 g/mol. The molecule has 0 aliphatic carbocycles. The monoisotopic (exact) mass is 202 g/mol. The van der Waals surface area contributed by atoms with Crippen molar-refractivity contribution >= 4 is 11.0 Å². The van der Waals surface area contributed by atoms with Crippen molar-refractivity contribution in [1.29, 1.82) is 5.26 Å². The average Bonchev–Trinajstić information content (AvgIpc) is 2.63. The van der Waals surface area contributed by atoms with Gasteiger partial charge in [-0.05, 0) is 26.0 Å². The van der Waals surface area contributed by atoms with E-state index in [9.17, 15) is 5.21 Å². The Morgan fingerprint density at radius 2 is 2.27 bits per heavy atom. The average molecular weight is 202 g/mol. The normalized spacial score (nSPS) is 11.5. The molecule has 2 rings (SSSR count). The molecule has 0 amide bonds. The second kappa shape index (κ2) is 2.99. The second-order valence-electron chi connectivity index (χ2n) is 4.05. The number of hydrogen-bond donors (Lipinski definition) is 2. The molecule has 0 fully saturated rings. The van der Waals surface area contributed by atoms with E-state index in [-0.39, 0.29) is 0 Å². The van der Waals surface area contributed by atoms with E-state index in [0.717, 1.165) is 15.7 Å². The van der Waals surface area contributed by atoms with Crippen LogP contribution >= 0.6 is 0 Å². The van der Waals surface area contributed by atoms with Gasteiger partial charge in [-0.1, -0.05) is 4.73 Å². The Kier molecular flexibility index (Phi) is 1.90. The van der Waals surface area contributed by atoms with Gasteiger partial charge in [-0.25, -0.2) is 4.98 Å². The van der Waals surface area contributed by atoms with Gasteiger partial charge < -0.3 is 5.21 Å². The van der Waals surface area contributed by atoms with E-state index >= 15 is 0 Å². The Hall–Kier alpha value is -2.02. The van der Waals surface area contributed by atoms with Crippen LogP contribution in [-0.4, -0.2) is 10.2 Å². The van der Waals surface area contributed by atoms with E-state index in [4.69, 9.17) is 5.26 Å². The summed E-state index contributed by atoms with van der Waals surface area (Å²) in [6.07, 6.45) is 3.31. The third kappa shape index (κ3) is 1.33. The van der Waals surface area contributed by atoms with Crippen LogP contribution in [0.25, 0.3) is 11.0 Å². The van der Waals surface area contributed by atoms with Crippen molar-refractivity contribution in [2.45, 2.75) is 19.3 Å². The number of H-pyrrole nitrogens is 1. The van der Waals surface area contributed by atoms with Crippen molar-refractivity contribution in [3.05, 3.63) is 30.1 Å². The minimum atomic E-state index is -0.563. The topological polar surface area (TPSA) is 63.7 Å². The van der Waals surface area contributed by atoms with Crippen molar-refractivity contribution < 1.29 is 9.94 Å². The molecule has 76 valence electrons. The Morgan fingerprint density at radius 1 is 1.53 bits per heavy atom. The highest BCUT2D eigenvalue weighted by molar-refractivity contribution is 5.78. The van der Waals surface area contributed by atoms with Gasteiger partial charge in [0.1, 0.15) is 6.20 Å². The van der Waals surface area contributed by atoms with Gasteiger partial charge in [0.25, 0.3) is 0 Å². The van der Waals surface area contributed by atoms with Gasteiger partial charge in [-0.2, -0.15) is 5.26 Å². The molecule has 4 heteroatoms. The zero-order chi connectivity index (χ0) is 11.1. The van der Waals surface area contributed by atoms with E-state index in [1.54, 1.807) is 18.5 Å². The summed E-state index contributed by atoms with van der Waals surface area (Å²) in [5, 5.41) is 19.5. The number of nitriles is 1. The third-order valence-electron chi connectivity index (χ3n) is 2.57. The van der Waals surface area contributed by atoms with Gasteiger partial charge in [-0.3, -0.25) is 0 Å². The first-order valence-electron chi connectivity index (χ1n) is 4.69. The van der Waals surface area contributed by atoms with Crippen LogP contribution in [0.3, 0.4) is 0 Å². The molecular formula is C11H12N3O+. The molecule has 0 atom stereocenters. The maximum absolute atomic E-state index is 9.53. The number of fused-ring (bicyclic) bond motifs is 1. The highest BCUT2D eigenvalue weighted by Crippen LogP contribution is 2.28. The highest BCUT2D eigenvalue weighted by Gasteiger charge is 2.27. The fraction of sp³-hybridized carbons (Fsp3) is 0.273. The van der Waals surface area contributed by atoms with Crippen LogP contribution in [0.1, 0.15) is 19.4 Å². The molecule has 2 N–H and O–H groups in total. The summed E-state index contributed by atoms with van der Waals surface area (Å²) in [6, 6.07) is 5.87. The van der Waals surface area contributed by atoms with Gasteiger partial charge >= 0.3 is 5.65 Å². The van der Waals surface area contributed by atoms with Crippen molar-refractivity contribution in [3.8, 4) is 6.07 Å². The van der Waals surface area contributed by atoms with Crippen LogP contribution in [0.2, 0.25) is 0 Å². The summed E-state index contributed by atoms with van der Waals surface area (Å²) in [5.41, 5.74) is 0.936. The number of hydrogen-bond acceptors (Lipinski definition) is 2. The molecule has 0 saturated carbocycles. The molecule has 0 bridgehead atoms. The number of aromatic amines is 1. The smallest absolute Gasteiger partial charge is 0.326 e. The largest absolute Gasteiger partial charge is 0.350 e. The lowest BCUT2D eigenvalue weighted by molar-refractivity contribution is -0.885. The van der Waals surface area contributed by atoms with E-state index < -0.39 is 5.41 Å². The zero-order valence-electron chi connectivity index (χ0n) is 8.65. The fourth-order valence-corrected chi connectivity index (χ4v) is 1.65. The molecule has 2 aromatic rings. The molecule has 0 aromatic carbocycles. The molecule has 4 nitrogen and oxygen atoms in total. The molecule has 2 heterocycles. The first-order valence-corrected chi connectivity index (χ1v) is 4.69. The summed E-state index contributed by atoms with van der Waals surface area (Å²) >= 11 is 0. The van der Waals surface area contributed by atoms with Crippen LogP contribution in [0.15, 0.2) is 24.5 Å². The number of aromatic nitrogens is 2. The summed E-state index contributed by atoms with van der Waals surface area (Å²) in [5.74, 6) is 0. The van der Waals surface area contributed by atoms with Crippen molar-refractivity contribution in [3.63, 3.8) is 0 Å². The van der Waals surface area contributed by atoms with Crippen LogP contribution in [-0.2, 0) is 5.41 Å². The predicted molar refractivity (Wildman–Crippen MR) is 54.3 cm³/mol. The Labute approximate surface area is 87.4 Å². The Balaban J connectivity index is 2.76. The lowest BCUT2D eigenvalue weighted by Gasteiger charge is -2.11. The third-order valence-corrected chi connectivity index (χ3v) is 2.57. The first-order chi connectivity index (χ1) is 7.06. The number of pyridine rings is 1. The van der Waals surface area contributed by atoms with Crippen LogP contribution < -0.4 is 4.73 Å². The van der Waals surface area contributed by atoms with Crippen LogP contribution in [0.5, 0.6) is 0 Å². The predicted octanol–water partition coefficient (Wildman–Crippen LogP) is 1.49. The van der Waals surface area contributed by atoms with Crippen LogP contribution in [0, 0.1) is 11.3 Å². The summed E-state index contributed by atoms with van der Waals surface area (Å²) in [7, 11) is 0. The first kappa shape index (κ1) is 9.53. The highest BCUT2D eigenvalue weighted by atomic mass is 16.5. The van der Waals surface area contributed by atoms with E-state index in [2.05, 4.69) is 11.1 Å². The molecule has 0 radical (unpaired) electrons. The number of nitrogens with one attached hydrogen (secondary N) is 1.